The summed E-state index contributed by atoms with van der Waals surface area (Å²) in [5, 5.41) is 10.8. The maximum absolute atomic E-state index is 10.8. The number of hydrogen-bond donors (Lipinski definition) is 0. The van der Waals surface area contributed by atoms with Gasteiger partial charge in [-0.05, 0) is 12.5 Å². The van der Waals surface area contributed by atoms with Crippen LogP contribution in [-0.4, -0.2) is 63.4 Å². The molecule has 1 saturated heterocycles. The average Bonchev–Trinajstić information content (AvgIpc) is 2.55. The molecule has 0 aliphatic carbocycles. The van der Waals surface area contributed by atoms with Crippen molar-refractivity contribution in [2.45, 2.75) is 6.42 Å². The lowest BCUT2D eigenvalue weighted by molar-refractivity contribution is -0.384. The fourth-order valence-electron chi connectivity index (χ4n) is 2.69. The number of hydrogen-bond acceptors (Lipinski definition) is 6. The van der Waals surface area contributed by atoms with Gasteiger partial charge < -0.3 is 14.4 Å². The Labute approximate surface area is 130 Å². The number of rotatable bonds is 7. The number of ether oxygens (including phenoxy) is 2. The lowest BCUT2D eigenvalue weighted by atomic mass is 10.2. The van der Waals surface area contributed by atoms with Crippen LogP contribution in [0.1, 0.15) is 6.42 Å². The van der Waals surface area contributed by atoms with Crippen molar-refractivity contribution in [3.63, 3.8) is 0 Å². The van der Waals surface area contributed by atoms with Crippen LogP contribution in [0.25, 0.3) is 0 Å². The third-order valence-corrected chi connectivity index (χ3v) is 3.91. The molecule has 0 spiro atoms. The van der Waals surface area contributed by atoms with Gasteiger partial charge in [-0.1, -0.05) is 0 Å². The highest BCUT2D eigenvalue weighted by Crippen LogP contribution is 2.32. The highest BCUT2D eigenvalue weighted by molar-refractivity contribution is 5.62. The van der Waals surface area contributed by atoms with Gasteiger partial charge in [-0.15, -0.1) is 0 Å². The van der Waals surface area contributed by atoms with Crippen molar-refractivity contribution in [3.05, 3.63) is 28.3 Å². The molecule has 1 heterocycles. The molecule has 0 N–H and O–H groups in total. The van der Waals surface area contributed by atoms with Crippen molar-refractivity contribution in [2.24, 2.45) is 0 Å². The number of anilines is 1. The fourth-order valence-corrected chi connectivity index (χ4v) is 2.69. The van der Waals surface area contributed by atoms with Crippen molar-refractivity contribution in [3.8, 4) is 5.75 Å². The van der Waals surface area contributed by atoms with Crippen molar-refractivity contribution in [2.75, 3.05) is 58.5 Å². The van der Waals surface area contributed by atoms with E-state index >= 15 is 0 Å². The molecule has 0 bridgehead atoms. The first-order valence-electron chi connectivity index (χ1n) is 7.44. The minimum atomic E-state index is -0.403. The number of nitrogens with zero attached hydrogens (tertiary/aromatic N) is 3. The molecule has 122 valence electrons. The molecule has 1 aromatic rings. The first-order valence-corrected chi connectivity index (χ1v) is 7.44. The van der Waals surface area contributed by atoms with E-state index in [2.05, 4.69) is 9.80 Å². The highest BCUT2D eigenvalue weighted by Gasteiger charge is 2.21. The largest absolute Gasteiger partial charge is 0.494 e. The van der Waals surface area contributed by atoms with Crippen LogP contribution < -0.4 is 9.64 Å². The van der Waals surface area contributed by atoms with Gasteiger partial charge >= 0.3 is 0 Å². The van der Waals surface area contributed by atoms with Crippen molar-refractivity contribution >= 4 is 11.4 Å². The fraction of sp³-hybridized carbons (Fsp3) is 0.600. The van der Waals surface area contributed by atoms with Gasteiger partial charge in [0.2, 0.25) is 0 Å². The molecule has 0 atom stereocenters. The monoisotopic (exact) mass is 309 g/mol. The van der Waals surface area contributed by atoms with E-state index in [1.54, 1.807) is 20.3 Å². The summed E-state index contributed by atoms with van der Waals surface area (Å²) < 4.78 is 10.4. The predicted octanol–water partition coefficient (Wildman–Crippen LogP) is 1.76. The Hall–Kier alpha value is -1.86. The van der Waals surface area contributed by atoms with Gasteiger partial charge in [0.1, 0.15) is 5.75 Å². The number of non-ortho nitro benzene ring substituents is 1. The zero-order valence-electron chi connectivity index (χ0n) is 13.2. The molecule has 7 nitrogen and oxygen atoms in total. The molecule has 1 aliphatic rings. The van der Waals surface area contributed by atoms with E-state index in [0.29, 0.717) is 5.75 Å². The predicted molar refractivity (Wildman–Crippen MR) is 84.8 cm³/mol. The Kier molecular flexibility index (Phi) is 5.97. The Bertz CT molecular complexity index is 502. The average molecular weight is 309 g/mol. The Morgan fingerprint density at radius 2 is 1.95 bits per heavy atom. The van der Waals surface area contributed by atoms with Gasteiger partial charge in [0.15, 0.2) is 0 Å². The SMILES string of the molecule is COCCCN1CCN(c2ccc([N+](=O)[O-])cc2OC)CC1. The summed E-state index contributed by atoms with van der Waals surface area (Å²) >= 11 is 0. The second-order valence-corrected chi connectivity index (χ2v) is 5.29. The van der Waals surface area contributed by atoms with Gasteiger partial charge in [0.25, 0.3) is 5.69 Å². The number of benzene rings is 1. The van der Waals surface area contributed by atoms with E-state index < -0.39 is 4.92 Å². The van der Waals surface area contributed by atoms with Crippen molar-refractivity contribution in [1.82, 2.24) is 4.90 Å². The minimum absolute atomic E-state index is 0.0544. The molecule has 0 saturated carbocycles. The zero-order chi connectivity index (χ0) is 15.9. The van der Waals surface area contributed by atoms with Crippen LogP contribution in [0.2, 0.25) is 0 Å². The molecule has 0 aromatic heterocycles. The lowest BCUT2D eigenvalue weighted by Crippen LogP contribution is -2.46. The molecule has 7 heteroatoms. The Morgan fingerprint density at radius 1 is 1.23 bits per heavy atom. The summed E-state index contributed by atoms with van der Waals surface area (Å²) in [6.45, 7) is 5.56. The molecule has 0 unspecified atom stereocenters. The second-order valence-electron chi connectivity index (χ2n) is 5.29. The number of methoxy groups -OCH3 is 2. The maximum atomic E-state index is 10.8. The smallest absolute Gasteiger partial charge is 0.273 e. The molecular formula is C15H23N3O4. The van der Waals surface area contributed by atoms with Gasteiger partial charge in [0, 0.05) is 52.5 Å². The molecule has 22 heavy (non-hydrogen) atoms. The maximum Gasteiger partial charge on any atom is 0.273 e. The third kappa shape index (κ3) is 4.08. The van der Waals surface area contributed by atoms with Crippen LogP contribution in [-0.2, 0) is 4.74 Å². The molecule has 1 aromatic carbocycles. The van der Waals surface area contributed by atoms with Crippen LogP contribution in [0.5, 0.6) is 5.75 Å². The van der Waals surface area contributed by atoms with Gasteiger partial charge in [0.05, 0.1) is 23.8 Å². The summed E-state index contributed by atoms with van der Waals surface area (Å²) in [5.41, 5.74) is 0.975. The molecule has 1 aliphatic heterocycles. The minimum Gasteiger partial charge on any atom is -0.494 e. The van der Waals surface area contributed by atoms with Crippen LogP contribution >= 0.6 is 0 Å². The van der Waals surface area contributed by atoms with Crippen molar-refractivity contribution < 1.29 is 14.4 Å². The van der Waals surface area contributed by atoms with Crippen LogP contribution in [0.3, 0.4) is 0 Å². The van der Waals surface area contributed by atoms with E-state index in [0.717, 1.165) is 51.4 Å². The van der Waals surface area contributed by atoms with E-state index in [1.807, 2.05) is 0 Å². The number of piperazine rings is 1. The first kappa shape index (κ1) is 16.5. The quantitative estimate of drug-likeness (QED) is 0.434. The lowest BCUT2D eigenvalue weighted by Gasteiger charge is -2.36. The van der Waals surface area contributed by atoms with Gasteiger partial charge in [-0.3, -0.25) is 15.0 Å². The summed E-state index contributed by atoms with van der Waals surface area (Å²) in [4.78, 5) is 15.1. The van der Waals surface area contributed by atoms with Crippen LogP contribution in [0.4, 0.5) is 11.4 Å². The van der Waals surface area contributed by atoms with E-state index in [-0.39, 0.29) is 5.69 Å². The van der Waals surface area contributed by atoms with E-state index in [1.165, 1.54) is 12.1 Å². The number of nitro groups is 1. The standard InChI is InChI=1S/C15H23N3O4/c1-21-11-3-6-16-7-9-17(10-8-16)14-5-4-13(18(19)20)12-15(14)22-2/h4-5,12H,3,6-11H2,1-2H3. The molecule has 2 rings (SSSR count). The third-order valence-electron chi connectivity index (χ3n) is 3.91. The van der Waals surface area contributed by atoms with E-state index in [9.17, 15) is 10.1 Å². The molecular weight excluding hydrogens is 286 g/mol. The summed E-state index contributed by atoms with van der Waals surface area (Å²) in [6, 6.07) is 4.79. The highest BCUT2D eigenvalue weighted by atomic mass is 16.6. The topological polar surface area (TPSA) is 68.1 Å². The molecule has 0 amide bonds. The van der Waals surface area contributed by atoms with Crippen LogP contribution in [0.15, 0.2) is 18.2 Å². The second kappa shape index (κ2) is 7.95. The normalized spacial score (nSPS) is 15.8. The van der Waals surface area contributed by atoms with Gasteiger partial charge in [-0.25, -0.2) is 0 Å². The van der Waals surface area contributed by atoms with Gasteiger partial charge in [-0.2, -0.15) is 0 Å². The van der Waals surface area contributed by atoms with E-state index in [4.69, 9.17) is 9.47 Å². The Morgan fingerprint density at radius 3 is 2.55 bits per heavy atom. The molecule has 1 fully saturated rings. The van der Waals surface area contributed by atoms with Crippen molar-refractivity contribution in [1.29, 1.82) is 0 Å². The summed E-state index contributed by atoms with van der Waals surface area (Å²) in [6.07, 6.45) is 1.04. The Balaban J connectivity index is 1.97. The first-order chi connectivity index (χ1) is 10.7. The summed E-state index contributed by atoms with van der Waals surface area (Å²) in [5.74, 6) is 0.557. The van der Waals surface area contributed by atoms with Crippen LogP contribution in [0, 0.1) is 10.1 Å². The molecule has 0 radical (unpaired) electrons. The summed E-state index contributed by atoms with van der Waals surface area (Å²) in [7, 11) is 3.27. The number of nitro benzene ring substituents is 1. The zero-order valence-corrected chi connectivity index (χ0v) is 13.2.